The van der Waals surface area contributed by atoms with E-state index in [9.17, 15) is 0 Å². The van der Waals surface area contributed by atoms with E-state index in [2.05, 4.69) is 58.9 Å². The first kappa shape index (κ1) is 16.3. The third kappa shape index (κ3) is 3.77. The molecular weight excluding hydrogens is 393 g/mol. The number of para-hydroxylation sites is 1. The van der Waals surface area contributed by atoms with Crippen LogP contribution in [0.25, 0.3) is 0 Å². The molecule has 1 N–H and O–H groups in total. The van der Waals surface area contributed by atoms with Gasteiger partial charge in [-0.3, -0.25) is 0 Å². The molecule has 0 fully saturated rings. The summed E-state index contributed by atoms with van der Waals surface area (Å²) in [5, 5.41) is 5.51. The van der Waals surface area contributed by atoms with Gasteiger partial charge in [-0.25, -0.2) is 4.99 Å². The standard InChI is InChI=1S/C16H19N3S.HI/c1-2-17-16(18-12-14-7-5-11-20-14)19-10-9-13-6-3-4-8-15(13)19;/h3-8,11H,2,9-10,12H2,1H3,(H,17,18);1H. The van der Waals surface area contributed by atoms with Crippen molar-refractivity contribution in [1.29, 1.82) is 0 Å². The lowest BCUT2D eigenvalue weighted by atomic mass is 10.2. The number of thiophene rings is 1. The molecule has 0 aliphatic carbocycles. The van der Waals surface area contributed by atoms with Gasteiger partial charge in [-0.05, 0) is 36.4 Å². The molecule has 0 spiro atoms. The number of benzene rings is 1. The van der Waals surface area contributed by atoms with Gasteiger partial charge in [-0.2, -0.15) is 0 Å². The third-order valence-electron chi connectivity index (χ3n) is 3.44. The molecule has 0 radical (unpaired) electrons. The van der Waals surface area contributed by atoms with Crippen molar-refractivity contribution >= 4 is 47.0 Å². The Morgan fingerprint density at radius 1 is 1.29 bits per heavy atom. The summed E-state index contributed by atoms with van der Waals surface area (Å²) in [4.78, 5) is 8.38. The molecule has 0 unspecified atom stereocenters. The molecule has 0 bridgehead atoms. The lowest BCUT2D eigenvalue weighted by molar-refractivity contribution is 0.885. The van der Waals surface area contributed by atoms with Gasteiger partial charge in [0, 0.05) is 23.7 Å². The van der Waals surface area contributed by atoms with Gasteiger partial charge >= 0.3 is 0 Å². The Balaban J connectivity index is 0.00000161. The van der Waals surface area contributed by atoms with Crippen molar-refractivity contribution in [3.05, 3.63) is 52.2 Å². The van der Waals surface area contributed by atoms with Gasteiger partial charge in [0.05, 0.1) is 6.54 Å². The second-order valence-corrected chi connectivity index (χ2v) is 5.81. The van der Waals surface area contributed by atoms with Crippen LogP contribution < -0.4 is 10.2 Å². The van der Waals surface area contributed by atoms with Gasteiger partial charge in [-0.1, -0.05) is 24.3 Å². The molecule has 112 valence electrons. The molecule has 1 aromatic heterocycles. The number of rotatable bonds is 3. The summed E-state index contributed by atoms with van der Waals surface area (Å²) in [5.41, 5.74) is 2.70. The van der Waals surface area contributed by atoms with Crippen LogP contribution in [0.2, 0.25) is 0 Å². The minimum absolute atomic E-state index is 0. The quantitative estimate of drug-likeness (QED) is 0.470. The molecule has 21 heavy (non-hydrogen) atoms. The Labute approximate surface area is 147 Å². The fourth-order valence-corrected chi connectivity index (χ4v) is 3.14. The fraction of sp³-hybridized carbons (Fsp3) is 0.312. The molecule has 3 nitrogen and oxygen atoms in total. The summed E-state index contributed by atoms with van der Waals surface area (Å²) in [7, 11) is 0. The predicted molar refractivity (Wildman–Crippen MR) is 102 cm³/mol. The smallest absolute Gasteiger partial charge is 0.198 e. The molecule has 0 atom stereocenters. The summed E-state index contributed by atoms with van der Waals surface area (Å²) < 4.78 is 0. The highest BCUT2D eigenvalue weighted by Crippen LogP contribution is 2.27. The maximum absolute atomic E-state index is 4.78. The molecule has 1 aliphatic rings. The number of anilines is 1. The molecule has 0 saturated heterocycles. The lowest BCUT2D eigenvalue weighted by Gasteiger charge is -2.22. The first-order valence-corrected chi connectivity index (χ1v) is 7.92. The Hall–Kier alpha value is -1.08. The van der Waals surface area contributed by atoms with Gasteiger partial charge in [0.25, 0.3) is 0 Å². The van der Waals surface area contributed by atoms with Crippen LogP contribution in [0.1, 0.15) is 17.4 Å². The molecule has 5 heteroatoms. The zero-order chi connectivity index (χ0) is 13.8. The van der Waals surface area contributed by atoms with Crippen molar-refractivity contribution < 1.29 is 0 Å². The first-order valence-electron chi connectivity index (χ1n) is 7.04. The zero-order valence-electron chi connectivity index (χ0n) is 12.1. The number of hydrogen-bond acceptors (Lipinski definition) is 2. The van der Waals surface area contributed by atoms with Crippen LogP contribution in [0.3, 0.4) is 0 Å². The largest absolute Gasteiger partial charge is 0.356 e. The molecule has 2 aromatic rings. The van der Waals surface area contributed by atoms with E-state index in [-0.39, 0.29) is 24.0 Å². The van der Waals surface area contributed by atoms with E-state index >= 15 is 0 Å². The van der Waals surface area contributed by atoms with E-state index in [1.165, 1.54) is 16.1 Å². The number of nitrogens with one attached hydrogen (secondary N) is 1. The van der Waals surface area contributed by atoms with Crippen LogP contribution in [-0.4, -0.2) is 19.0 Å². The van der Waals surface area contributed by atoms with Crippen LogP contribution >= 0.6 is 35.3 Å². The van der Waals surface area contributed by atoms with Crippen molar-refractivity contribution in [2.24, 2.45) is 4.99 Å². The number of guanidine groups is 1. The zero-order valence-corrected chi connectivity index (χ0v) is 15.2. The first-order chi connectivity index (χ1) is 9.88. The molecular formula is C16H20IN3S. The van der Waals surface area contributed by atoms with E-state index in [1.807, 2.05) is 0 Å². The Bertz CT molecular complexity index is 595. The van der Waals surface area contributed by atoms with E-state index in [1.54, 1.807) is 11.3 Å². The number of fused-ring (bicyclic) bond motifs is 1. The minimum Gasteiger partial charge on any atom is -0.356 e. The maximum Gasteiger partial charge on any atom is 0.198 e. The van der Waals surface area contributed by atoms with Gasteiger partial charge < -0.3 is 10.2 Å². The SMILES string of the molecule is CCNC(=NCc1cccs1)N1CCc2ccccc21.I. The molecule has 0 saturated carbocycles. The average Bonchev–Trinajstić information content (AvgIpc) is 3.13. The fourth-order valence-electron chi connectivity index (χ4n) is 2.51. The van der Waals surface area contributed by atoms with E-state index in [0.29, 0.717) is 0 Å². The normalized spacial score (nSPS) is 13.8. The Kier molecular flexibility index (Phi) is 6.05. The van der Waals surface area contributed by atoms with Crippen molar-refractivity contribution in [2.45, 2.75) is 19.9 Å². The van der Waals surface area contributed by atoms with Crippen LogP contribution in [-0.2, 0) is 13.0 Å². The highest BCUT2D eigenvalue weighted by atomic mass is 127. The van der Waals surface area contributed by atoms with Crippen molar-refractivity contribution in [3.8, 4) is 0 Å². The van der Waals surface area contributed by atoms with Gasteiger partial charge in [0.15, 0.2) is 5.96 Å². The summed E-state index contributed by atoms with van der Waals surface area (Å²) >= 11 is 1.76. The second kappa shape index (κ2) is 7.79. The van der Waals surface area contributed by atoms with Gasteiger partial charge in [0.1, 0.15) is 0 Å². The average molecular weight is 413 g/mol. The number of nitrogens with zero attached hydrogens (tertiary/aromatic N) is 2. The number of halogens is 1. The predicted octanol–water partition coefficient (Wildman–Crippen LogP) is 3.89. The third-order valence-corrected chi connectivity index (χ3v) is 4.30. The molecule has 3 rings (SSSR count). The van der Waals surface area contributed by atoms with Crippen LogP contribution in [0.4, 0.5) is 5.69 Å². The second-order valence-electron chi connectivity index (χ2n) is 4.78. The number of hydrogen-bond donors (Lipinski definition) is 1. The molecule has 0 amide bonds. The van der Waals surface area contributed by atoms with E-state index < -0.39 is 0 Å². The Morgan fingerprint density at radius 2 is 2.14 bits per heavy atom. The number of aliphatic imine (C=N–C) groups is 1. The van der Waals surface area contributed by atoms with Gasteiger partial charge in [-0.15, -0.1) is 35.3 Å². The Morgan fingerprint density at radius 3 is 2.90 bits per heavy atom. The highest BCUT2D eigenvalue weighted by molar-refractivity contribution is 14.0. The van der Waals surface area contributed by atoms with Crippen LogP contribution in [0, 0.1) is 0 Å². The monoisotopic (exact) mass is 413 g/mol. The van der Waals surface area contributed by atoms with E-state index in [0.717, 1.165) is 32.0 Å². The molecule has 2 heterocycles. The molecule has 1 aromatic carbocycles. The van der Waals surface area contributed by atoms with Gasteiger partial charge in [0.2, 0.25) is 0 Å². The minimum atomic E-state index is 0. The van der Waals surface area contributed by atoms with Crippen LogP contribution in [0.15, 0.2) is 46.8 Å². The highest BCUT2D eigenvalue weighted by Gasteiger charge is 2.22. The summed E-state index contributed by atoms with van der Waals surface area (Å²) in [5.74, 6) is 0.992. The molecule has 1 aliphatic heterocycles. The summed E-state index contributed by atoms with van der Waals surface area (Å²) in [6, 6.07) is 12.8. The van der Waals surface area contributed by atoms with Crippen molar-refractivity contribution in [2.75, 3.05) is 18.0 Å². The van der Waals surface area contributed by atoms with Crippen molar-refractivity contribution in [1.82, 2.24) is 5.32 Å². The lowest BCUT2D eigenvalue weighted by Crippen LogP contribution is -2.40. The summed E-state index contributed by atoms with van der Waals surface area (Å²) in [6.07, 6.45) is 1.10. The topological polar surface area (TPSA) is 27.6 Å². The van der Waals surface area contributed by atoms with Crippen molar-refractivity contribution in [3.63, 3.8) is 0 Å². The van der Waals surface area contributed by atoms with E-state index in [4.69, 9.17) is 4.99 Å². The maximum atomic E-state index is 4.78. The summed E-state index contributed by atoms with van der Waals surface area (Å²) in [6.45, 7) is 4.76. The van der Waals surface area contributed by atoms with Crippen LogP contribution in [0.5, 0.6) is 0 Å².